The molecule has 0 amide bonds. The monoisotopic (exact) mass is 259 g/mol. The van der Waals surface area contributed by atoms with E-state index in [1.54, 1.807) is 0 Å². The molecule has 1 aliphatic carbocycles. The van der Waals surface area contributed by atoms with Crippen LogP contribution in [0.1, 0.15) is 44.2 Å². The molecule has 1 saturated carbocycles. The minimum absolute atomic E-state index is 0.822. The van der Waals surface area contributed by atoms with E-state index < -0.39 is 0 Å². The van der Waals surface area contributed by atoms with Crippen molar-refractivity contribution in [3.63, 3.8) is 0 Å². The zero-order valence-corrected chi connectivity index (χ0v) is 11.9. The van der Waals surface area contributed by atoms with Gasteiger partial charge in [-0.15, -0.1) is 0 Å². The first-order valence-corrected chi connectivity index (χ1v) is 7.74. The van der Waals surface area contributed by atoms with Crippen LogP contribution in [0, 0.1) is 5.92 Å². The Morgan fingerprint density at radius 1 is 1.21 bits per heavy atom. The van der Waals surface area contributed by atoms with Crippen molar-refractivity contribution in [2.45, 2.75) is 51.1 Å². The maximum Gasteiger partial charge on any atom is 0.126 e. The van der Waals surface area contributed by atoms with Gasteiger partial charge in [0.15, 0.2) is 0 Å². The van der Waals surface area contributed by atoms with Crippen molar-refractivity contribution in [2.24, 2.45) is 5.92 Å². The number of hydrogen-bond acceptors (Lipinski definition) is 3. The standard InChI is InChI=1S/C16H25N3/c1-17-16-10-4-8-14(18-16)12-19-11-5-7-13-6-2-3-9-15(13)19/h4,8,10,13,15H,2-3,5-7,9,11-12H2,1H3,(H,17,18). The number of pyridine rings is 1. The first kappa shape index (κ1) is 12.9. The predicted molar refractivity (Wildman–Crippen MR) is 79.2 cm³/mol. The number of rotatable bonds is 3. The summed E-state index contributed by atoms with van der Waals surface area (Å²) in [6.07, 6.45) is 8.53. The normalized spacial score (nSPS) is 27.8. The molecular formula is C16H25N3. The highest BCUT2D eigenvalue weighted by Gasteiger charge is 2.33. The van der Waals surface area contributed by atoms with Gasteiger partial charge in [-0.3, -0.25) is 4.90 Å². The molecule has 1 aromatic rings. The van der Waals surface area contributed by atoms with Gasteiger partial charge in [0.25, 0.3) is 0 Å². The van der Waals surface area contributed by atoms with E-state index in [1.807, 2.05) is 13.1 Å². The van der Waals surface area contributed by atoms with E-state index in [0.29, 0.717) is 0 Å². The smallest absolute Gasteiger partial charge is 0.126 e. The number of anilines is 1. The Hall–Kier alpha value is -1.09. The molecule has 3 rings (SSSR count). The summed E-state index contributed by atoms with van der Waals surface area (Å²) in [6.45, 7) is 2.28. The lowest BCUT2D eigenvalue weighted by Crippen LogP contribution is -2.46. The topological polar surface area (TPSA) is 28.2 Å². The zero-order chi connectivity index (χ0) is 13.1. The second kappa shape index (κ2) is 5.91. The number of hydrogen-bond donors (Lipinski definition) is 1. The lowest BCUT2D eigenvalue weighted by Gasteiger charge is -2.44. The van der Waals surface area contributed by atoms with E-state index in [2.05, 4.69) is 27.3 Å². The Balaban J connectivity index is 1.70. The molecule has 0 radical (unpaired) electrons. The van der Waals surface area contributed by atoms with E-state index in [9.17, 15) is 0 Å². The van der Waals surface area contributed by atoms with E-state index in [-0.39, 0.29) is 0 Å². The average molecular weight is 259 g/mol. The van der Waals surface area contributed by atoms with Gasteiger partial charge < -0.3 is 5.32 Å². The van der Waals surface area contributed by atoms with E-state index in [0.717, 1.165) is 24.3 Å². The molecule has 19 heavy (non-hydrogen) atoms. The molecule has 2 aliphatic rings. The number of piperidine rings is 1. The first-order chi connectivity index (χ1) is 9.36. The van der Waals surface area contributed by atoms with Crippen molar-refractivity contribution < 1.29 is 0 Å². The number of nitrogens with zero attached hydrogens (tertiary/aromatic N) is 2. The summed E-state index contributed by atoms with van der Waals surface area (Å²) in [7, 11) is 1.93. The molecule has 1 saturated heterocycles. The third-order valence-electron chi connectivity index (χ3n) is 4.79. The molecule has 2 fully saturated rings. The van der Waals surface area contributed by atoms with Crippen molar-refractivity contribution in [1.29, 1.82) is 0 Å². The summed E-state index contributed by atoms with van der Waals surface area (Å²) in [5, 5.41) is 3.13. The van der Waals surface area contributed by atoms with Crippen molar-refractivity contribution in [3.05, 3.63) is 23.9 Å². The summed E-state index contributed by atoms with van der Waals surface area (Å²) < 4.78 is 0. The first-order valence-electron chi connectivity index (χ1n) is 7.74. The lowest BCUT2D eigenvalue weighted by atomic mass is 9.78. The molecule has 3 heteroatoms. The maximum atomic E-state index is 4.67. The van der Waals surface area contributed by atoms with Gasteiger partial charge in [-0.1, -0.05) is 18.9 Å². The van der Waals surface area contributed by atoms with E-state index in [1.165, 1.54) is 50.8 Å². The van der Waals surface area contributed by atoms with Crippen LogP contribution in [0.2, 0.25) is 0 Å². The van der Waals surface area contributed by atoms with Crippen LogP contribution < -0.4 is 5.32 Å². The number of fused-ring (bicyclic) bond motifs is 1. The van der Waals surface area contributed by atoms with Gasteiger partial charge in [0.2, 0.25) is 0 Å². The highest BCUT2D eigenvalue weighted by molar-refractivity contribution is 5.34. The molecule has 0 aromatic carbocycles. The van der Waals surface area contributed by atoms with Gasteiger partial charge >= 0.3 is 0 Å². The third-order valence-corrected chi connectivity index (χ3v) is 4.79. The molecule has 0 bridgehead atoms. The summed E-state index contributed by atoms with van der Waals surface area (Å²) >= 11 is 0. The van der Waals surface area contributed by atoms with Gasteiger partial charge in [0.1, 0.15) is 5.82 Å². The molecule has 2 atom stereocenters. The summed E-state index contributed by atoms with van der Waals surface area (Å²) in [5.74, 6) is 1.93. The molecular weight excluding hydrogens is 234 g/mol. The lowest BCUT2D eigenvalue weighted by molar-refractivity contribution is 0.0538. The second-order valence-corrected chi connectivity index (χ2v) is 5.99. The molecule has 1 N–H and O–H groups in total. The molecule has 3 nitrogen and oxygen atoms in total. The fourth-order valence-electron chi connectivity index (χ4n) is 3.84. The Labute approximate surface area is 116 Å². The number of nitrogens with one attached hydrogen (secondary N) is 1. The minimum atomic E-state index is 0.822. The number of aromatic nitrogens is 1. The summed E-state index contributed by atoms with van der Waals surface area (Å²) in [6, 6.07) is 7.12. The van der Waals surface area contributed by atoms with E-state index >= 15 is 0 Å². The van der Waals surface area contributed by atoms with Crippen LogP contribution in [0.4, 0.5) is 5.82 Å². The number of likely N-dealkylation sites (tertiary alicyclic amines) is 1. The van der Waals surface area contributed by atoms with Crippen molar-refractivity contribution >= 4 is 5.82 Å². The van der Waals surface area contributed by atoms with Crippen LogP contribution in [-0.4, -0.2) is 29.5 Å². The molecule has 104 valence electrons. The van der Waals surface area contributed by atoms with Gasteiger partial charge in [-0.2, -0.15) is 0 Å². The van der Waals surface area contributed by atoms with Crippen LogP contribution >= 0.6 is 0 Å². The van der Waals surface area contributed by atoms with Crippen LogP contribution in [0.3, 0.4) is 0 Å². The predicted octanol–water partition coefficient (Wildman–Crippen LogP) is 3.28. The van der Waals surface area contributed by atoms with Gasteiger partial charge in [-0.25, -0.2) is 4.98 Å². The second-order valence-electron chi connectivity index (χ2n) is 5.99. The highest BCUT2D eigenvalue weighted by atomic mass is 15.2. The fraction of sp³-hybridized carbons (Fsp3) is 0.688. The van der Waals surface area contributed by atoms with Crippen LogP contribution in [0.5, 0.6) is 0 Å². The highest BCUT2D eigenvalue weighted by Crippen LogP contribution is 2.35. The van der Waals surface area contributed by atoms with Gasteiger partial charge in [-0.05, 0) is 50.3 Å². The average Bonchev–Trinajstić information content (AvgIpc) is 2.48. The minimum Gasteiger partial charge on any atom is -0.373 e. The quantitative estimate of drug-likeness (QED) is 0.903. The Morgan fingerprint density at radius 3 is 2.95 bits per heavy atom. The van der Waals surface area contributed by atoms with Crippen LogP contribution in [0.15, 0.2) is 18.2 Å². The van der Waals surface area contributed by atoms with Crippen molar-refractivity contribution in [1.82, 2.24) is 9.88 Å². The zero-order valence-electron chi connectivity index (χ0n) is 11.9. The SMILES string of the molecule is CNc1cccc(CN2CCCC3CCCCC32)n1. The van der Waals surface area contributed by atoms with E-state index in [4.69, 9.17) is 0 Å². The molecule has 2 heterocycles. The maximum absolute atomic E-state index is 4.67. The Bertz CT molecular complexity index is 416. The largest absolute Gasteiger partial charge is 0.373 e. The third kappa shape index (κ3) is 2.92. The Kier molecular flexibility index (Phi) is 4.02. The summed E-state index contributed by atoms with van der Waals surface area (Å²) in [4.78, 5) is 7.36. The molecule has 0 spiro atoms. The van der Waals surface area contributed by atoms with Gasteiger partial charge in [0, 0.05) is 19.6 Å². The van der Waals surface area contributed by atoms with Crippen molar-refractivity contribution in [3.8, 4) is 0 Å². The molecule has 1 aromatic heterocycles. The molecule has 2 unspecified atom stereocenters. The molecule has 1 aliphatic heterocycles. The van der Waals surface area contributed by atoms with Gasteiger partial charge in [0.05, 0.1) is 5.69 Å². The van der Waals surface area contributed by atoms with Crippen LogP contribution in [0.25, 0.3) is 0 Å². The van der Waals surface area contributed by atoms with Crippen molar-refractivity contribution in [2.75, 3.05) is 18.9 Å². The Morgan fingerprint density at radius 2 is 2.05 bits per heavy atom. The fourth-order valence-corrected chi connectivity index (χ4v) is 3.84. The summed E-state index contributed by atoms with van der Waals surface area (Å²) in [5.41, 5.74) is 1.21. The van der Waals surface area contributed by atoms with Crippen LogP contribution in [-0.2, 0) is 6.54 Å².